The van der Waals surface area contributed by atoms with Crippen LogP contribution in [0.15, 0.2) is 34.9 Å². The van der Waals surface area contributed by atoms with Crippen molar-refractivity contribution >= 4 is 23.5 Å². The Morgan fingerprint density at radius 3 is 2.54 bits per heavy atom. The molecule has 2 amide bonds. The predicted octanol–water partition coefficient (Wildman–Crippen LogP) is 3.29. The number of carbonyl (C=O) groups excluding carboxylic acids is 2. The van der Waals surface area contributed by atoms with E-state index >= 15 is 0 Å². The van der Waals surface area contributed by atoms with Crippen molar-refractivity contribution in [1.29, 1.82) is 0 Å². The lowest BCUT2D eigenvalue weighted by molar-refractivity contribution is -0.136. The highest BCUT2D eigenvalue weighted by molar-refractivity contribution is 6.03. The zero-order chi connectivity index (χ0) is 17.3. The number of aromatic nitrogens is 1. The predicted molar refractivity (Wildman–Crippen MR) is 77.3 cm³/mol. The summed E-state index contributed by atoms with van der Waals surface area (Å²) in [7, 11) is 0. The highest BCUT2D eigenvalue weighted by Gasteiger charge is 2.34. The maximum Gasteiger partial charge on any atom is 0.418 e. The molecule has 1 fully saturated rings. The molecule has 0 saturated heterocycles. The van der Waals surface area contributed by atoms with Crippen molar-refractivity contribution in [2.24, 2.45) is 5.92 Å². The number of nitrogens with zero attached hydrogens (tertiary/aromatic N) is 1. The number of alkyl halides is 3. The van der Waals surface area contributed by atoms with Crippen LogP contribution in [0.1, 0.15) is 28.9 Å². The van der Waals surface area contributed by atoms with Crippen LogP contribution in [-0.2, 0) is 11.0 Å². The maximum atomic E-state index is 12.9. The molecular formula is C15H12F3N3O3. The van der Waals surface area contributed by atoms with Crippen molar-refractivity contribution in [3.63, 3.8) is 0 Å². The van der Waals surface area contributed by atoms with E-state index < -0.39 is 17.6 Å². The number of hydrogen-bond donors (Lipinski definition) is 2. The normalized spacial score (nSPS) is 14.3. The molecule has 1 heterocycles. The summed E-state index contributed by atoms with van der Waals surface area (Å²) in [5.41, 5.74) is -1.59. The van der Waals surface area contributed by atoms with E-state index in [9.17, 15) is 22.8 Å². The number of amides is 2. The van der Waals surface area contributed by atoms with Gasteiger partial charge >= 0.3 is 12.2 Å². The minimum atomic E-state index is -4.60. The molecule has 0 unspecified atom stereocenters. The number of para-hydroxylation sites is 1. The van der Waals surface area contributed by atoms with E-state index in [0.717, 1.165) is 31.2 Å². The Morgan fingerprint density at radius 2 is 1.88 bits per heavy atom. The Labute approximate surface area is 134 Å². The number of oxazole rings is 1. The fourth-order valence-corrected chi connectivity index (χ4v) is 2.01. The third-order valence-corrected chi connectivity index (χ3v) is 3.40. The van der Waals surface area contributed by atoms with Crippen LogP contribution in [0.4, 0.5) is 24.9 Å². The third kappa shape index (κ3) is 3.55. The zero-order valence-corrected chi connectivity index (χ0v) is 12.2. The standard InChI is InChI=1S/C15H12F3N3O3/c16-15(17,18)9-3-1-2-4-10(9)19-13(23)11-7-24-14(20-11)21-12(22)8-5-6-8/h1-4,7-8H,5-6H2,(H,19,23)(H,20,21,22). The molecular weight excluding hydrogens is 327 g/mol. The summed E-state index contributed by atoms with van der Waals surface area (Å²) in [5.74, 6) is -1.21. The SMILES string of the molecule is O=C(Nc1ccccc1C(F)(F)F)c1coc(NC(=O)C2CC2)n1. The van der Waals surface area contributed by atoms with Crippen LogP contribution in [0, 0.1) is 5.92 Å². The summed E-state index contributed by atoms with van der Waals surface area (Å²) < 4.78 is 43.6. The molecule has 1 aromatic heterocycles. The summed E-state index contributed by atoms with van der Waals surface area (Å²) in [6, 6.07) is 4.42. The highest BCUT2D eigenvalue weighted by atomic mass is 19.4. The molecule has 0 spiro atoms. The summed E-state index contributed by atoms with van der Waals surface area (Å²) in [6.07, 6.45) is -2.06. The minimum Gasteiger partial charge on any atom is -0.431 e. The Hall–Kier alpha value is -2.84. The van der Waals surface area contributed by atoms with Crippen molar-refractivity contribution in [2.75, 3.05) is 10.6 Å². The lowest BCUT2D eigenvalue weighted by atomic mass is 10.1. The van der Waals surface area contributed by atoms with E-state index in [1.165, 1.54) is 12.1 Å². The first kappa shape index (κ1) is 16.0. The molecule has 2 N–H and O–H groups in total. The number of halogens is 3. The first-order valence-electron chi connectivity index (χ1n) is 7.08. The molecule has 24 heavy (non-hydrogen) atoms. The number of rotatable bonds is 4. The second-order valence-electron chi connectivity index (χ2n) is 5.30. The second-order valence-corrected chi connectivity index (χ2v) is 5.30. The summed E-state index contributed by atoms with van der Waals surface area (Å²) in [5, 5.41) is 4.54. The fourth-order valence-electron chi connectivity index (χ4n) is 2.01. The van der Waals surface area contributed by atoms with Gasteiger partial charge in [-0.25, -0.2) is 0 Å². The highest BCUT2D eigenvalue weighted by Crippen LogP contribution is 2.34. The molecule has 1 aliphatic carbocycles. The average Bonchev–Trinajstić information content (AvgIpc) is 3.27. The Balaban J connectivity index is 1.72. The summed E-state index contributed by atoms with van der Waals surface area (Å²) in [4.78, 5) is 27.3. The first-order valence-corrected chi connectivity index (χ1v) is 7.08. The van der Waals surface area contributed by atoms with Gasteiger partial charge in [0, 0.05) is 5.92 Å². The molecule has 0 bridgehead atoms. The van der Waals surface area contributed by atoms with Crippen molar-refractivity contribution in [3.05, 3.63) is 41.8 Å². The molecule has 1 saturated carbocycles. The summed E-state index contributed by atoms with van der Waals surface area (Å²) >= 11 is 0. The lowest BCUT2D eigenvalue weighted by Crippen LogP contribution is -2.17. The Morgan fingerprint density at radius 1 is 1.17 bits per heavy atom. The first-order chi connectivity index (χ1) is 11.3. The Kier molecular flexibility index (Phi) is 4.00. The van der Waals surface area contributed by atoms with Gasteiger partial charge in [0.05, 0.1) is 11.3 Å². The van der Waals surface area contributed by atoms with Crippen molar-refractivity contribution < 1.29 is 27.2 Å². The average molecular weight is 339 g/mol. The molecule has 9 heteroatoms. The maximum absolute atomic E-state index is 12.9. The third-order valence-electron chi connectivity index (χ3n) is 3.40. The monoisotopic (exact) mass is 339 g/mol. The van der Waals surface area contributed by atoms with Crippen molar-refractivity contribution in [1.82, 2.24) is 4.98 Å². The van der Waals surface area contributed by atoms with Gasteiger partial charge < -0.3 is 9.73 Å². The molecule has 126 valence electrons. The molecule has 2 aromatic rings. The van der Waals surface area contributed by atoms with Crippen LogP contribution in [0.5, 0.6) is 0 Å². The topological polar surface area (TPSA) is 84.2 Å². The lowest BCUT2D eigenvalue weighted by Gasteiger charge is -2.12. The smallest absolute Gasteiger partial charge is 0.418 e. The molecule has 0 aliphatic heterocycles. The second kappa shape index (κ2) is 5.99. The van der Waals surface area contributed by atoms with Crippen LogP contribution >= 0.6 is 0 Å². The van der Waals surface area contributed by atoms with Crippen LogP contribution in [0.2, 0.25) is 0 Å². The quantitative estimate of drug-likeness (QED) is 0.895. The van der Waals surface area contributed by atoms with Gasteiger partial charge in [0.15, 0.2) is 5.69 Å². The largest absolute Gasteiger partial charge is 0.431 e. The van der Waals surface area contributed by atoms with Crippen LogP contribution in [0.3, 0.4) is 0 Å². The molecule has 6 nitrogen and oxygen atoms in total. The fraction of sp³-hybridized carbons (Fsp3) is 0.267. The number of carbonyl (C=O) groups is 2. The van der Waals surface area contributed by atoms with E-state index in [4.69, 9.17) is 4.42 Å². The van der Waals surface area contributed by atoms with E-state index in [1.807, 2.05) is 0 Å². The van der Waals surface area contributed by atoms with E-state index in [2.05, 4.69) is 15.6 Å². The zero-order valence-electron chi connectivity index (χ0n) is 12.2. The van der Waals surface area contributed by atoms with Gasteiger partial charge in [-0.2, -0.15) is 18.2 Å². The number of anilines is 2. The molecule has 0 atom stereocenters. The van der Waals surface area contributed by atoms with Gasteiger partial charge in [-0.1, -0.05) is 12.1 Å². The van der Waals surface area contributed by atoms with Crippen LogP contribution in [0.25, 0.3) is 0 Å². The van der Waals surface area contributed by atoms with Crippen molar-refractivity contribution in [3.8, 4) is 0 Å². The van der Waals surface area contributed by atoms with Crippen LogP contribution in [-0.4, -0.2) is 16.8 Å². The number of hydrogen-bond acceptors (Lipinski definition) is 4. The Bertz CT molecular complexity index is 782. The van der Waals surface area contributed by atoms with Gasteiger partial charge in [-0.05, 0) is 25.0 Å². The minimum absolute atomic E-state index is 0.0761. The van der Waals surface area contributed by atoms with E-state index in [1.54, 1.807) is 0 Å². The summed E-state index contributed by atoms with van der Waals surface area (Å²) in [6.45, 7) is 0. The molecule has 0 radical (unpaired) electrons. The van der Waals surface area contributed by atoms with E-state index in [0.29, 0.717) is 0 Å². The van der Waals surface area contributed by atoms with Crippen molar-refractivity contribution in [2.45, 2.75) is 19.0 Å². The molecule has 3 rings (SSSR count). The van der Waals surface area contributed by atoms with Crippen LogP contribution < -0.4 is 10.6 Å². The number of benzene rings is 1. The van der Waals surface area contributed by atoms with Gasteiger partial charge in [-0.15, -0.1) is 0 Å². The number of nitrogens with one attached hydrogen (secondary N) is 2. The molecule has 1 aliphatic rings. The van der Waals surface area contributed by atoms with E-state index in [-0.39, 0.29) is 29.2 Å². The van der Waals surface area contributed by atoms with Gasteiger partial charge in [0.25, 0.3) is 5.91 Å². The molecule has 1 aromatic carbocycles. The van der Waals surface area contributed by atoms with Gasteiger partial charge in [0.1, 0.15) is 6.26 Å². The van der Waals surface area contributed by atoms with Gasteiger partial charge in [0.2, 0.25) is 5.91 Å². The van der Waals surface area contributed by atoms with Gasteiger partial charge in [-0.3, -0.25) is 14.9 Å².